The van der Waals surface area contributed by atoms with Crippen LogP contribution < -0.4 is 5.73 Å². The van der Waals surface area contributed by atoms with E-state index < -0.39 is 0 Å². The molecule has 1 aliphatic carbocycles. The van der Waals surface area contributed by atoms with Gasteiger partial charge in [0.1, 0.15) is 0 Å². The lowest BCUT2D eigenvalue weighted by Gasteiger charge is -2.06. The molecule has 0 aliphatic heterocycles. The van der Waals surface area contributed by atoms with Crippen LogP contribution in [-0.4, -0.2) is 10.1 Å². The van der Waals surface area contributed by atoms with Crippen molar-refractivity contribution in [3.63, 3.8) is 0 Å². The Morgan fingerprint density at radius 3 is 2.85 bits per heavy atom. The second-order valence-corrected chi connectivity index (χ2v) is 3.71. The molecule has 1 aromatic heterocycles. The van der Waals surface area contributed by atoms with E-state index in [1.54, 1.807) is 6.07 Å². The molecule has 0 spiro atoms. The predicted octanol–water partition coefficient (Wildman–Crippen LogP) is 1.69. The van der Waals surface area contributed by atoms with Gasteiger partial charge in [0.05, 0.1) is 23.0 Å². The van der Waals surface area contributed by atoms with Gasteiger partial charge in [0, 0.05) is 11.6 Å². The summed E-state index contributed by atoms with van der Waals surface area (Å²) in [6.07, 6.45) is 2.33. The predicted molar refractivity (Wildman–Crippen MR) is 51.6 cm³/mol. The van der Waals surface area contributed by atoms with Crippen molar-refractivity contribution < 1.29 is 5.11 Å². The molecule has 0 bridgehead atoms. The number of anilines is 1. The van der Waals surface area contributed by atoms with Gasteiger partial charge in [-0.2, -0.15) is 0 Å². The molecule has 3 nitrogen and oxygen atoms in total. The van der Waals surface area contributed by atoms with Crippen molar-refractivity contribution in [2.24, 2.45) is 0 Å². The molecule has 0 atom stereocenters. The standard InChI is InChI=1S/C9H11ClN2O/c10-9-6(11)3-7(5-1-2-5)12-8(9)4-13/h3,5,13H,1-2,4H2,(H2,11,12). The number of aliphatic hydroxyl groups excluding tert-OH is 1. The van der Waals surface area contributed by atoms with Crippen LogP contribution in [0, 0.1) is 0 Å². The van der Waals surface area contributed by atoms with E-state index in [4.69, 9.17) is 22.4 Å². The molecular formula is C9H11ClN2O. The highest BCUT2D eigenvalue weighted by molar-refractivity contribution is 6.33. The number of hydrogen-bond donors (Lipinski definition) is 2. The van der Waals surface area contributed by atoms with Crippen LogP contribution in [0.4, 0.5) is 5.69 Å². The third-order valence-corrected chi connectivity index (χ3v) is 2.66. The molecule has 0 radical (unpaired) electrons. The second kappa shape index (κ2) is 3.16. The van der Waals surface area contributed by atoms with Gasteiger partial charge in [0.2, 0.25) is 0 Å². The molecule has 0 unspecified atom stereocenters. The lowest BCUT2D eigenvalue weighted by atomic mass is 10.2. The minimum Gasteiger partial charge on any atom is -0.397 e. The number of aliphatic hydroxyl groups is 1. The monoisotopic (exact) mass is 198 g/mol. The van der Waals surface area contributed by atoms with E-state index in [9.17, 15) is 0 Å². The van der Waals surface area contributed by atoms with Crippen LogP contribution in [0.2, 0.25) is 5.02 Å². The number of nitrogen functional groups attached to an aromatic ring is 1. The molecule has 1 heterocycles. The topological polar surface area (TPSA) is 59.1 Å². The van der Waals surface area contributed by atoms with Gasteiger partial charge in [-0.25, -0.2) is 0 Å². The summed E-state index contributed by atoms with van der Waals surface area (Å²) in [5, 5.41) is 9.35. The summed E-state index contributed by atoms with van der Waals surface area (Å²) in [6, 6.07) is 1.80. The van der Waals surface area contributed by atoms with E-state index in [1.807, 2.05) is 0 Å². The van der Waals surface area contributed by atoms with E-state index in [0.29, 0.717) is 22.3 Å². The molecule has 1 aliphatic rings. The van der Waals surface area contributed by atoms with E-state index in [2.05, 4.69) is 4.98 Å². The molecular weight excluding hydrogens is 188 g/mol. The van der Waals surface area contributed by atoms with Crippen molar-refractivity contribution in [3.8, 4) is 0 Å². The zero-order chi connectivity index (χ0) is 9.42. The maximum absolute atomic E-state index is 8.97. The number of halogens is 1. The number of hydrogen-bond acceptors (Lipinski definition) is 3. The van der Waals surface area contributed by atoms with Crippen molar-refractivity contribution in [1.82, 2.24) is 4.98 Å². The van der Waals surface area contributed by atoms with Crippen molar-refractivity contribution in [3.05, 3.63) is 22.5 Å². The van der Waals surface area contributed by atoms with E-state index in [1.165, 1.54) is 12.8 Å². The summed E-state index contributed by atoms with van der Waals surface area (Å²) in [5.41, 5.74) is 7.65. The third-order valence-electron chi connectivity index (χ3n) is 2.22. The molecule has 3 N–H and O–H groups in total. The minimum atomic E-state index is -0.149. The van der Waals surface area contributed by atoms with Crippen LogP contribution in [-0.2, 0) is 6.61 Å². The van der Waals surface area contributed by atoms with Gasteiger partial charge < -0.3 is 10.8 Å². The van der Waals surface area contributed by atoms with Gasteiger partial charge in [-0.15, -0.1) is 0 Å². The van der Waals surface area contributed by atoms with Crippen LogP contribution in [0.5, 0.6) is 0 Å². The Hall–Kier alpha value is -0.800. The van der Waals surface area contributed by atoms with E-state index in [0.717, 1.165) is 5.69 Å². The molecule has 13 heavy (non-hydrogen) atoms. The van der Waals surface area contributed by atoms with Crippen LogP contribution in [0.1, 0.15) is 30.1 Å². The SMILES string of the molecule is Nc1cc(C2CC2)nc(CO)c1Cl. The van der Waals surface area contributed by atoms with Gasteiger partial charge in [-0.1, -0.05) is 11.6 Å². The maximum atomic E-state index is 8.97. The Balaban J connectivity index is 2.43. The molecule has 70 valence electrons. The van der Waals surface area contributed by atoms with Crippen LogP contribution >= 0.6 is 11.6 Å². The summed E-state index contributed by atoms with van der Waals surface area (Å²) >= 11 is 5.84. The number of nitrogens with two attached hydrogens (primary N) is 1. The lowest BCUT2D eigenvalue weighted by Crippen LogP contribution is -2.00. The lowest BCUT2D eigenvalue weighted by molar-refractivity contribution is 0.276. The highest BCUT2D eigenvalue weighted by Gasteiger charge is 2.26. The van der Waals surface area contributed by atoms with E-state index >= 15 is 0 Å². The van der Waals surface area contributed by atoms with Crippen LogP contribution in [0.15, 0.2) is 6.07 Å². The first kappa shape index (κ1) is 8.78. The Labute approximate surface area is 81.5 Å². The van der Waals surface area contributed by atoms with Gasteiger partial charge in [-0.3, -0.25) is 4.98 Å². The average molecular weight is 199 g/mol. The van der Waals surface area contributed by atoms with E-state index in [-0.39, 0.29) is 6.61 Å². The van der Waals surface area contributed by atoms with Crippen molar-refractivity contribution in [1.29, 1.82) is 0 Å². The second-order valence-electron chi connectivity index (χ2n) is 3.33. The van der Waals surface area contributed by atoms with Gasteiger partial charge >= 0.3 is 0 Å². The number of pyridine rings is 1. The largest absolute Gasteiger partial charge is 0.397 e. The summed E-state index contributed by atoms with van der Waals surface area (Å²) < 4.78 is 0. The molecule has 1 saturated carbocycles. The Kier molecular flexibility index (Phi) is 2.14. The fourth-order valence-corrected chi connectivity index (χ4v) is 1.48. The number of rotatable bonds is 2. The summed E-state index contributed by atoms with van der Waals surface area (Å²) in [4.78, 5) is 4.25. The first-order chi connectivity index (χ1) is 6.22. The van der Waals surface area contributed by atoms with Gasteiger partial charge in [-0.05, 0) is 18.9 Å². The molecule has 4 heteroatoms. The normalized spacial score (nSPS) is 16.2. The van der Waals surface area contributed by atoms with Crippen LogP contribution in [0.3, 0.4) is 0 Å². The first-order valence-electron chi connectivity index (χ1n) is 4.28. The van der Waals surface area contributed by atoms with Crippen molar-refractivity contribution >= 4 is 17.3 Å². The smallest absolute Gasteiger partial charge is 0.0874 e. The molecule has 1 fully saturated rings. The van der Waals surface area contributed by atoms with Gasteiger partial charge in [0.25, 0.3) is 0 Å². The molecule has 2 rings (SSSR count). The molecule has 0 amide bonds. The van der Waals surface area contributed by atoms with Gasteiger partial charge in [0.15, 0.2) is 0 Å². The third kappa shape index (κ3) is 1.62. The fraction of sp³-hybridized carbons (Fsp3) is 0.444. The fourth-order valence-electron chi connectivity index (χ4n) is 1.32. The van der Waals surface area contributed by atoms with Crippen molar-refractivity contribution in [2.45, 2.75) is 25.4 Å². The number of nitrogens with zero attached hydrogens (tertiary/aromatic N) is 1. The Morgan fingerprint density at radius 2 is 2.31 bits per heavy atom. The Morgan fingerprint density at radius 1 is 1.62 bits per heavy atom. The zero-order valence-corrected chi connectivity index (χ0v) is 7.88. The summed E-state index contributed by atoms with van der Waals surface area (Å²) in [7, 11) is 0. The molecule has 0 aromatic carbocycles. The molecule has 0 saturated heterocycles. The summed E-state index contributed by atoms with van der Waals surface area (Å²) in [6.45, 7) is -0.149. The first-order valence-corrected chi connectivity index (χ1v) is 4.66. The van der Waals surface area contributed by atoms with Crippen LogP contribution in [0.25, 0.3) is 0 Å². The average Bonchev–Trinajstić information content (AvgIpc) is 2.92. The minimum absolute atomic E-state index is 0.149. The highest BCUT2D eigenvalue weighted by atomic mass is 35.5. The zero-order valence-electron chi connectivity index (χ0n) is 7.13. The quantitative estimate of drug-likeness (QED) is 0.761. The summed E-state index contributed by atoms with van der Waals surface area (Å²) in [5.74, 6) is 0.532. The Bertz CT molecular complexity index is 337. The maximum Gasteiger partial charge on any atom is 0.0874 e. The van der Waals surface area contributed by atoms with Crippen molar-refractivity contribution in [2.75, 3.05) is 5.73 Å². The number of aromatic nitrogens is 1. The molecule has 1 aromatic rings. The highest BCUT2D eigenvalue weighted by Crippen LogP contribution is 2.40.